The van der Waals surface area contributed by atoms with Crippen molar-refractivity contribution in [1.29, 1.82) is 0 Å². The molecule has 2 bridgehead atoms. The van der Waals surface area contributed by atoms with E-state index in [9.17, 15) is 15.0 Å². The molecule has 0 spiro atoms. The molecular formula is C46H68N2O3. The minimum Gasteiger partial charge on any atom is -0.478 e. The third-order valence-electron chi connectivity index (χ3n) is 18.1. The zero-order valence-electron chi connectivity index (χ0n) is 33.0. The summed E-state index contributed by atoms with van der Waals surface area (Å²) in [5.74, 6) is 2.45. The van der Waals surface area contributed by atoms with E-state index < -0.39 is 11.6 Å². The lowest BCUT2D eigenvalue weighted by Gasteiger charge is -2.72. The monoisotopic (exact) mass is 697 g/mol. The van der Waals surface area contributed by atoms with Crippen LogP contribution in [0.2, 0.25) is 0 Å². The van der Waals surface area contributed by atoms with E-state index in [1.54, 1.807) is 12.1 Å². The van der Waals surface area contributed by atoms with Crippen LogP contribution in [-0.2, 0) is 0 Å². The molecule has 280 valence electrons. The Balaban J connectivity index is 1.05. The molecule has 2 heterocycles. The summed E-state index contributed by atoms with van der Waals surface area (Å²) in [6.07, 6.45) is 18.5. The Morgan fingerprint density at radius 3 is 2.20 bits per heavy atom. The predicted molar refractivity (Wildman–Crippen MR) is 207 cm³/mol. The SMILES string of the molecule is C=C(C)[C@@H]1CC[C@]2(NCCN3C4CCC3CC(C)(O)C4)CC[C@]3(C)[C@H](CCC4[C@@]5(C)CC=C(c6ccc(C(=O)O)cc6)C(C)(C)C5CC[C@]43C)C12. The van der Waals surface area contributed by atoms with E-state index in [-0.39, 0.29) is 16.4 Å². The van der Waals surface area contributed by atoms with E-state index in [2.05, 4.69) is 71.3 Å². The van der Waals surface area contributed by atoms with Gasteiger partial charge in [-0.05, 0) is 172 Å². The Labute approximate surface area is 309 Å². The van der Waals surface area contributed by atoms with Crippen molar-refractivity contribution in [2.24, 2.45) is 51.2 Å². The van der Waals surface area contributed by atoms with Crippen molar-refractivity contribution in [2.45, 2.75) is 155 Å². The van der Waals surface area contributed by atoms with Gasteiger partial charge in [-0.15, -0.1) is 0 Å². The van der Waals surface area contributed by atoms with Crippen LogP contribution in [0.25, 0.3) is 5.57 Å². The number of aromatic carboxylic acids is 1. The molecule has 4 saturated carbocycles. The van der Waals surface area contributed by atoms with E-state index in [0.29, 0.717) is 52.1 Å². The molecule has 1 aromatic carbocycles. The number of hydrogen-bond acceptors (Lipinski definition) is 4. The van der Waals surface area contributed by atoms with Crippen LogP contribution in [0.1, 0.15) is 148 Å². The molecule has 3 N–H and O–H groups in total. The van der Waals surface area contributed by atoms with Gasteiger partial charge in [-0.2, -0.15) is 0 Å². The fourth-order valence-corrected chi connectivity index (χ4v) is 15.7. The van der Waals surface area contributed by atoms with Gasteiger partial charge in [-0.25, -0.2) is 4.79 Å². The van der Waals surface area contributed by atoms with E-state index in [0.717, 1.165) is 38.3 Å². The maximum absolute atomic E-state index is 11.6. The normalized spacial score (nSPS) is 47.1. The number of nitrogens with one attached hydrogen (secondary N) is 1. The average molecular weight is 697 g/mol. The number of nitrogens with zero attached hydrogens (tertiary/aromatic N) is 1. The first-order valence-corrected chi connectivity index (χ1v) is 20.9. The van der Waals surface area contributed by atoms with Crippen LogP contribution in [0.5, 0.6) is 0 Å². The van der Waals surface area contributed by atoms with Gasteiger partial charge in [0.1, 0.15) is 0 Å². The fraction of sp³-hybridized carbons (Fsp3) is 0.761. The lowest BCUT2D eigenvalue weighted by atomic mass is 9.33. The quantitative estimate of drug-likeness (QED) is 0.248. The molecule has 6 fully saturated rings. The predicted octanol–water partition coefficient (Wildman–Crippen LogP) is 9.76. The Kier molecular flexibility index (Phi) is 8.50. The summed E-state index contributed by atoms with van der Waals surface area (Å²) < 4.78 is 0. The van der Waals surface area contributed by atoms with Crippen molar-refractivity contribution in [3.8, 4) is 0 Å². The number of carboxylic acid groups (broad SMARTS) is 1. The molecule has 51 heavy (non-hydrogen) atoms. The minimum absolute atomic E-state index is 0.0304. The average Bonchev–Trinajstić information content (AvgIpc) is 3.56. The van der Waals surface area contributed by atoms with Gasteiger partial charge in [0.05, 0.1) is 11.2 Å². The smallest absolute Gasteiger partial charge is 0.335 e. The van der Waals surface area contributed by atoms with Crippen LogP contribution >= 0.6 is 0 Å². The van der Waals surface area contributed by atoms with Crippen LogP contribution in [0, 0.1) is 51.2 Å². The van der Waals surface area contributed by atoms with Crippen LogP contribution in [0.3, 0.4) is 0 Å². The largest absolute Gasteiger partial charge is 0.478 e. The second kappa shape index (κ2) is 12.0. The van der Waals surface area contributed by atoms with Gasteiger partial charge < -0.3 is 15.5 Å². The topological polar surface area (TPSA) is 72.8 Å². The lowest BCUT2D eigenvalue weighted by molar-refractivity contribution is -0.219. The molecular weight excluding hydrogens is 629 g/mol. The third kappa shape index (κ3) is 5.27. The van der Waals surface area contributed by atoms with Crippen LogP contribution in [-0.4, -0.2) is 57.4 Å². The van der Waals surface area contributed by atoms with E-state index in [4.69, 9.17) is 0 Å². The molecule has 2 saturated heterocycles. The highest BCUT2D eigenvalue weighted by atomic mass is 16.4. The second-order valence-corrected chi connectivity index (χ2v) is 20.7. The molecule has 0 amide bonds. The van der Waals surface area contributed by atoms with E-state index in [1.807, 2.05) is 12.1 Å². The van der Waals surface area contributed by atoms with Gasteiger partial charge in [-0.1, -0.05) is 65.0 Å². The van der Waals surface area contributed by atoms with E-state index >= 15 is 0 Å². The van der Waals surface area contributed by atoms with Gasteiger partial charge in [0, 0.05) is 30.7 Å². The first-order chi connectivity index (χ1) is 24.0. The zero-order valence-corrected chi connectivity index (χ0v) is 33.0. The molecule has 0 aromatic heterocycles. The van der Waals surface area contributed by atoms with Gasteiger partial charge >= 0.3 is 5.97 Å². The Hall–Kier alpha value is -1.95. The number of benzene rings is 1. The Morgan fingerprint density at radius 1 is 0.863 bits per heavy atom. The third-order valence-corrected chi connectivity index (χ3v) is 18.1. The first-order valence-electron chi connectivity index (χ1n) is 20.9. The Morgan fingerprint density at radius 2 is 1.55 bits per heavy atom. The lowest BCUT2D eigenvalue weighted by Crippen LogP contribution is -2.68. The molecule has 8 rings (SSSR count). The van der Waals surface area contributed by atoms with Crippen LogP contribution in [0.4, 0.5) is 0 Å². The zero-order chi connectivity index (χ0) is 36.4. The Bertz CT molecular complexity index is 1580. The van der Waals surface area contributed by atoms with Crippen LogP contribution in [0.15, 0.2) is 42.5 Å². The minimum atomic E-state index is -0.857. The standard InChI is InChI=1S/C46H68N2O3/c1-29(2)34-17-22-46(47-25-26-48-32-13-14-33(48)28-42(5,51)27-32)24-23-44(7)36(39(34)46)15-16-38-43(6)20-18-35(30-9-11-31(12-10-30)40(49)50)41(3,4)37(43)19-21-45(38,44)8/h9-12,18,32-34,36-39,47,51H,1,13-17,19-28H2,2-8H3,(H,49,50)/t32?,33?,34-,36+,37?,38?,39?,42?,43-,44+,45+,46-/m0/s1. The van der Waals surface area contributed by atoms with Gasteiger partial charge in [0.15, 0.2) is 0 Å². The number of aliphatic hydroxyl groups is 1. The number of rotatable bonds is 7. The van der Waals surface area contributed by atoms with Crippen molar-refractivity contribution in [3.05, 3.63) is 53.6 Å². The summed E-state index contributed by atoms with van der Waals surface area (Å²) in [4.78, 5) is 14.3. The number of carbonyl (C=O) groups is 1. The molecule has 5 heteroatoms. The molecule has 0 radical (unpaired) electrons. The molecule has 5 nitrogen and oxygen atoms in total. The molecule has 1 aromatic rings. The van der Waals surface area contributed by atoms with Crippen molar-refractivity contribution in [1.82, 2.24) is 10.2 Å². The first kappa shape index (κ1) is 36.0. The summed E-state index contributed by atoms with van der Waals surface area (Å²) in [6.45, 7) is 24.3. The maximum Gasteiger partial charge on any atom is 0.335 e. The number of fused-ring (bicyclic) bond motifs is 9. The number of carboxylic acids is 1. The summed E-state index contributed by atoms with van der Waals surface area (Å²) in [5, 5.41) is 24.7. The van der Waals surface area contributed by atoms with Gasteiger partial charge in [0.2, 0.25) is 0 Å². The molecule has 5 unspecified atom stereocenters. The number of hydrogen-bond donors (Lipinski definition) is 3. The van der Waals surface area contributed by atoms with Crippen LogP contribution < -0.4 is 5.32 Å². The van der Waals surface area contributed by atoms with Gasteiger partial charge in [0.25, 0.3) is 0 Å². The van der Waals surface area contributed by atoms with Crippen molar-refractivity contribution < 1.29 is 15.0 Å². The summed E-state index contributed by atoms with van der Waals surface area (Å²) >= 11 is 0. The van der Waals surface area contributed by atoms with E-state index in [1.165, 1.54) is 80.9 Å². The highest BCUT2D eigenvalue weighted by Gasteiger charge is 2.70. The fourth-order valence-electron chi connectivity index (χ4n) is 15.7. The molecule has 11 atom stereocenters. The molecule has 5 aliphatic carbocycles. The number of piperidine rings is 1. The highest BCUT2D eigenvalue weighted by Crippen LogP contribution is 2.76. The molecule has 2 aliphatic heterocycles. The van der Waals surface area contributed by atoms with Crippen molar-refractivity contribution in [3.63, 3.8) is 0 Å². The van der Waals surface area contributed by atoms with Gasteiger partial charge in [-0.3, -0.25) is 4.90 Å². The summed E-state index contributed by atoms with van der Waals surface area (Å²) in [5.41, 5.74) is 5.03. The van der Waals surface area contributed by atoms with Crippen molar-refractivity contribution >= 4 is 11.5 Å². The summed E-state index contributed by atoms with van der Waals surface area (Å²) in [7, 11) is 0. The molecule has 7 aliphatic rings. The summed E-state index contributed by atoms with van der Waals surface area (Å²) in [6, 6.07) is 8.75. The number of allylic oxidation sites excluding steroid dienone is 3. The second-order valence-electron chi connectivity index (χ2n) is 20.7. The highest BCUT2D eigenvalue weighted by molar-refractivity contribution is 5.88. The van der Waals surface area contributed by atoms with Crippen molar-refractivity contribution in [2.75, 3.05) is 13.1 Å². The maximum atomic E-state index is 11.6.